The Labute approximate surface area is 127 Å². The molecule has 1 saturated heterocycles. The van der Waals surface area contributed by atoms with Gasteiger partial charge in [0.25, 0.3) is 0 Å². The van der Waals surface area contributed by atoms with E-state index in [9.17, 15) is 5.26 Å². The number of hydrogen-bond donors (Lipinski definition) is 2. The summed E-state index contributed by atoms with van der Waals surface area (Å²) in [6, 6.07) is 10.8. The zero-order valence-corrected chi connectivity index (χ0v) is 12.8. The van der Waals surface area contributed by atoms with Crippen LogP contribution in [0.15, 0.2) is 24.3 Å². The number of rotatable bonds is 6. The molecule has 3 nitrogen and oxygen atoms in total. The van der Waals surface area contributed by atoms with Crippen molar-refractivity contribution >= 4 is 5.69 Å². The Balaban J connectivity index is 1.58. The molecule has 1 saturated carbocycles. The Morgan fingerprint density at radius 2 is 2.38 bits per heavy atom. The van der Waals surface area contributed by atoms with Crippen molar-refractivity contribution in [3.63, 3.8) is 0 Å². The lowest BCUT2D eigenvalue weighted by molar-refractivity contribution is 0.265. The normalized spacial score (nSPS) is 31.4. The number of fused-ring (bicyclic) bond motifs is 1. The number of hydrogen-bond acceptors (Lipinski definition) is 3. The van der Waals surface area contributed by atoms with Crippen LogP contribution >= 0.6 is 0 Å². The maximum atomic E-state index is 9.36. The summed E-state index contributed by atoms with van der Waals surface area (Å²) >= 11 is 0. The standard InChI is InChI=1S/C18H25N3/c1-2-14(18-12-21-11-17(18)16(18)10-19)7-3-5-13-6-4-8-15(20)9-13/h4,6,8-9,14,16-17,21H,2-3,5,7,11-12,20H2,1H3. The third-order valence-electron chi connectivity index (χ3n) is 5.72. The fourth-order valence-corrected chi connectivity index (χ4v) is 4.60. The molecule has 3 rings (SSSR count). The van der Waals surface area contributed by atoms with Gasteiger partial charge >= 0.3 is 0 Å². The molecule has 1 aliphatic carbocycles. The molecule has 1 aromatic rings. The molecule has 3 heteroatoms. The molecule has 3 N–H and O–H groups in total. The van der Waals surface area contributed by atoms with E-state index in [2.05, 4.69) is 30.4 Å². The lowest BCUT2D eigenvalue weighted by Crippen LogP contribution is -2.26. The van der Waals surface area contributed by atoms with Gasteiger partial charge in [-0.05, 0) is 55.3 Å². The van der Waals surface area contributed by atoms with Crippen molar-refractivity contribution in [3.05, 3.63) is 29.8 Å². The SMILES string of the molecule is CCC(CCCc1cccc(N)c1)C12CNCC1C2C#N. The second-order valence-electron chi connectivity index (χ2n) is 6.70. The Bertz CT molecular complexity index is 548. The van der Waals surface area contributed by atoms with Gasteiger partial charge in [0.2, 0.25) is 0 Å². The first-order chi connectivity index (χ1) is 10.2. The number of benzene rings is 1. The number of nitriles is 1. The predicted molar refractivity (Wildman–Crippen MR) is 85.5 cm³/mol. The minimum atomic E-state index is 0.291. The molecule has 2 fully saturated rings. The number of piperidine rings is 1. The van der Waals surface area contributed by atoms with Crippen LogP contribution in [0.25, 0.3) is 0 Å². The van der Waals surface area contributed by atoms with E-state index in [4.69, 9.17) is 5.73 Å². The van der Waals surface area contributed by atoms with E-state index in [1.807, 2.05) is 12.1 Å². The zero-order chi connectivity index (χ0) is 14.9. The third-order valence-corrected chi connectivity index (χ3v) is 5.72. The fourth-order valence-electron chi connectivity index (χ4n) is 4.60. The molecule has 0 radical (unpaired) electrons. The number of aryl methyl sites for hydroxylation is 1. The number of nitrogen functional groups attached to an aromatic ring is 1. The molecular weight excluding hydrogens is 258 g/mol. The van der Waals surface area contributed by atoms with Crippen LogP contribution in [0.3, 0.4) is 0 Å². The summed E-state index contributed by atoms with van der Waals surface area (Å²) in [7, 11) is 0. The molecule has 1 aromatic carbocycles. The van der Waals surface area contributed by atoms with Gasteiger partial charge in [-0.15, -0.1) is 0 Å². The smallest absolute Gasteiger partial charge is 0.0666 e. The highest BCUT2D eigenvalue weighted by Crippen LogP contribution is 2.66. The quantitative estimate of drug-likeness (QED) is 0.789. The lowest BCUT2D eigenvalue weighted by atomic mass is 9.80. The summed E-state index contributed by atoms with van der Waals surface area (Å²) in [6.07, 6.45) is 4.69. The van der Waals surface area contributed by atoms with Gasteiger partial charge in [0.1, 0.15) is 0 Å². The molecule has 0 aromatic heterocycles. The predicted octanol–water partition coefficient (Wildman–Crippen LogP) is 2.98. The highest BCUT2D eigenvalue weighted by Gasteiger charge is 2.69. The average Bonchev–Trinajstić information content (AvgIpc) is 2.89. The van der Waals surface area contributed by atoms with Crippen molar-refractivity contribution in [1.82, 2.24) is 5.32 Å². The first kappa shape index (κ1) is 14.4. The van der Waals surface area contributed by atoms with Crippen LogP contribution in [-0.2, 0) is 6.42 Å². The maximum absolute atomic E-state index is 9.36. The maximum Gasteiger partial charge on any atom is 0.0666 e. The second-order valence-corrected chi connectivity index (χ2v) is 6.70. The summed E-state index contributed by atoms with van der Waals surface area (Å²) in [5, 5.41) is 12.9. The molecule has 4 atom stereocenters. The number of nitrogens with zero attached hydrogens (tertiary/aromatic N) is 1. The molecule has 21 heavy (non-hydrogen) atoms. The van der Waals surface area contributed by atoms with E-state index in [0.717, 1.165) is 25.2 Å². The molecule has 0 spiro atoms. The minimum Gasteiger partial charge on any atom is -0.399 e. The summed E-state index contributed by atoms with van der Waals surface area (Å²) in [5.41, 5.74) is 8.31. The largest absolute Gasteiger partial charge is 0.399 e. The van der Waals surface area contributed by atoms with Gasteiger partial charge < -0.3 is 11.1 Å². The van der Waals surface area contributed by atoms with Crippen molar-refractivity contribution in [2.45, 2.75) is 32.6 Å². The number of nitrogens with one attached hydrogen (secondary N) is 1. The van der Waals surface area contributed by atoms with E-state index in [1.165, 1.54) is 24.8 Å². The molecule has 0 bridgehead atoms. The van der Waals surface area contributed by atoms with Crippen LogP contribution in [-0.4, -0.2) is 13.1 Å². The van der Waals surface area contributed by atoms with Crippen LogP contribution < -0.4 is 11.1 Å². The Hall–Kier alpha value is -1.53. The van der Waals surface area contributed by atoms with Gasteiger partial charge in [0.05, 0.1) is 12.0 Å². The van der Waals surface area contributed by atoms with Crippen molar-refractivity contribution < 1.29 is 0 Å². The van der Waals surface area contributed by atoms with Gasteiger partial charge in [0, 0.05) is 17.6 Å². The third kappa shape index (κ3) is 2.42. The number of nitrogens with two attached hydrogens (primary N) is 1. The van der Waals surface area contributed by atoms with E-state index in [1.54, 1.807) is 0 Å². The molecular formula is C18H25N3. The molecule has 2 aliphatic rings. The van der Waals surface area contributed by atoms with Crippen LogP contribution in [0.4, 0.5) is 5.69 Å². The fraction of sp³-hybridized carbons (Fsp3) is 0.611. The molecule has 4 unspecified atom stereocenters. The molecule has 1 aliphatic heterocycles. The van der Waals surface area contributed by atoms with E-state index in [-0.39, 0.29) is 0 Å². The molecule has 112 valence electrons. The van der Waals surface area contributed by atoms with Gasteiger partial charge in [-0.25, -0.2) is 0 Å². The van der Waals surface area contributed by atoms with Crippen molar-refractivity contribution in [1.29, 1.82) is 5.26 Å². The summed E-state index contributed by atoms with van der Waals surface area (Å²) < 4.78 is 0. The van der Waals surface area contributed by atoms with Crippen molar-refractivity contribution in [2.75, 3.05) is 18.8 Å². The van der Waals surface area contributed by atoms with Gasteiger partial charge in [0.15, 0.2) is 0 Å². The first-order valence-corrected chi connectivity index (χ1v) is 8.17. The van der Waals surface area contributed by atoms with Crippen molar-refractivity contribution in [3.8, 4) is 6.07 Å². The minimum absolute atomic E-state index is 0.291. The Kier molecular flexibility index (Phi) is 3.91. The van der Waals surface area contributed by atoms with Crippen LogP contribution in [0, 0.1) is 34.5 Å². The molecule has 1 heterocycles. The first-order valence-electron chi connectivity index (χ1n) is 8.17. The average molecular weight is 283 g/mol. The van der Waals surface area contributed by atoms with E-state index >= 15 is 0 Å². The van der Waals surface area contributed by atoms with E-state index < -0.39 is 0 Å². The Morgan fingerprint density at radius 1 is 1.52 bits per heavy atom. The summed E-state index contributed by atoms with van der Waals surface area (Å²) in [4.78, 5) is 0. The molecule has 0 amide bonds. The highest BCUT2D eigenvalue weighted by atomic mass is 15.0. The summed E-state index contributed by atoms with van der Waals surface area (Å²) in [6.45, 7) is 4.37. The lowest BCUT2D eigenvalue weighted by Gasteiger charge is -2.25. The highest BCUT2D eigenvalue weighted by molar-refractivity contribution is 5.40. The van der Waals surface area contributed by atoms with Crippen LogP contribution in [0.1, 0.15) is 31.7 Å². The topological polar surface area (TPSA) is 61.8 Å². The Morgan fingerprint density at radius 3 is 3.05 bits per heavy atom. The van der Waals surface area contributed by atoms with Crippen molar-refractivity contribution in [2.24, 2.45) is 23.2 Å². The van der Waals surface area contributed by atoms with Crippen LogP contribution in [0.2, 0.25) is 0 Å². The van der Waals surface area contributed by atoms with Gasteiger partial charge in [-0.1, -0.05) is 25.5 Å². The monoisotopic (exact) mass is 283 g/mol. The van der Waals surface area contributed by atoms with E-state index in [0.29, 0.717) is 23.2 Å². The summed E-state index contributed by atoms with van der Waals surface area (Å²) in [5.74, 6) is 1.60. The van der Waals surface area contributed by atoms with Gasteiger partial charge in [-0.3, -0.25) is 0 Å². The zero-order valence-electron chi connectivity index (χ0n) is 12.8. The van der Waals surface area contributed by atoms with Gasteiger partial charge in [-0.2, -0.15) is 5.26 Å². The number of anilines is 1. The van der Waals surface area contributed by atoms with Crippen LogP contribution in [0.5, 0.6) is 0 Å². The second kappa shape index (κ2) is 5.69.